The summed E-state index contributed by atoms with van der Waals surface area (Å²) in [7, 11) is 2.05. The van der Waals surface area contributed by atoms with Crippen LogP contribution in [0.25, 0.3) is 0 Å². The van der Waals surface area contributed by atoms with Gasteiger partial charge in [0.25, 0.3) is 0 Å². The molecule has 0 saturated carbocycles. The highest BCUT2D eigenvalue weighted by molar-refractivity contribution is 7.07. The van der Waals surface area contributed by atoms with Crippen LogP contribution in [0.5, 0.6) is 0 Å². The van der Waals surface area contributed by atoms with E-state index in [1.54, 1.807) is 11.3 Å². The van der Waals surface area contributed by atoms with E-state index in [1.165, 1.54) is 0 Å². The van der Waals surface area contributed by atoms with Crippen molar-refractivity contribution in [1.29, 1.82) is 0 Å². The average molecular weight is 280 g/mol. The van der Waals surface area contributed by atoms with Crippen LogP contribution in [0, 0.1) is 0 Å². The molecular formula is C13H20N4OS. The molecule has 0 radical (unpaired) electrons. The molecule has 0 bridgehead atoms. The molecule has 2 rings (SSSR count). The van der Waals surface area contributed by atoms with Crippen molar-refractivity contribution in [2.75, 3.05) is 13.6 Å². The SMILES string of the molecule is CCCNCc1cc(CN(C)Cc2cscn2)on1. The van der Waals surface area contributed by atoms with Gasteiger partial charge in [0, 0.05) is 24.5 Å². The van der Waals surface area contributed by atoms with Gasteiger partial charge < -0.3 is 9.84 Å². The van der Waals surface area contributed by atoms with E-state index in [2.05, 4.69) is 39.7 Å². The van der Waals surface area contributed by atoms with Crippen molar-refractivity contribution in [3.8, 4) is 0 Å². The predicted molar refractivity (Wildman–Crippen MR) is 75.8 cm³/mol. The Hall–Kier alpha value is -1.24. The minimum absolute atomic E-state index is 0.748. The number of aromatic nitrogens is 2. The molecule has 104 valence electrons. The van der Waals surface area contributed by atoms with E-state index in [0.29, 0.717) is 0 Å². The first-order valence-electron chi connectivity index (χ1n) is 6.48. The van der Waals surface area contributed by atoms with E-state index in [0.717, 1.165) is 49.7 Å². The number of nitrogens with one attached hydrogen (secondary N) is 1. The summed E-state index contributed by atoms with van der Waals surface area (Å²) in [6.07, 6.45) is 1.13. The Morgan fingerprint density at radius 2 is 2.26 bits per heavy atom. The highest BCUT2D eigenvalue weighted by atomic mass is 32.1. The first-order valence-corrected chi connectivity index (χ1v) is 7.43. The Balaban J connectivity index is 1.78. The van der Waals surface area contributed by atoms with Crippen LogP contribution >= 0.6 is 11.3 Å². The zero-order chi connectivity index (χ0) is 13.5. The lowest BCUT2D eigenvalue weighted by Crippen LogP contribution is -2.17. The van der Waals surface area contributed by atoms with Crippen LogP contribution in [0.1, 0.15) is 30.5 Å². The molecule has 0 unspecified atom stereocenters. The topological polar surface area (TPSA) is 54.2 Å². The fourth-order valence-electron chi connectivity index (χ4n) is 1.82. The van der Waals surface area contributed by atoms with Crippen LogP contribution < -0.4 is 5.32 Å². The zero-order valence-corrected chi connectivity index (χ0v) is 12.2. The minimum Gasteiger partial charge on any atom is -0.360 e. The second-order valence-electron chi connectivity index (χ2n) is 4.61. The Bertz CT molecular complexity index is 469. The molecule has 0 aliphatic carbocycles. The third-order valence-corrected chi connectivity index (χ3v) is 3.32. The Morgan fingerprint density at radius 1 is 1.37 bits per heavy atom. The summed E-state index contributed by atoms with van der Waals surface area (Å²) in [5, 5.41) is 9.44. The minimum atomic E-state index is 0.748. The molecule has 0 amide bonds. The van der Waals surface area contributed by atoms with E-state index in [1.807, 2.05) is 11.6 Å². The van der Waals surface area contributed by atoms with Gasteiger partial charge in [-0.15, -0.1) is 11.3 Å². The number of rotatable bonds is 8. The van der Waals surface area contributed by atoms with Crippen LogP contribution in [0.2, 0.25) is 0 Å². The van der Waals surface area contributed by atoms with Gasteiger partial charge in [0.05, 0.1) is 23.4 Å². The second kappa shape index (κ2) is 7.37. The molecule has 0 saturated heterocycles. The molecule has 2 aromatic heterocycles. The number of thiazole rings is 1. The third-order valence-electron chi connectivity index (χ3n) is 2.68. The van der Waals surface area contributed by atoms with Gasteiger partial charge in [0.1, 0.15) is 0 Å². The summed E-state index contributed by atoms with van der Waals surface area (Å²) >= 11 is 1.62. The van der Waals surface area contributed by atoms with Crippen molar-refractivity contribution >= 4 is 11.3 Å². The van der Waals surface area contributed by atoms with Crippen molar-refractivity contribution in [3.63, 3.8) is 0 Å². The highest BCUT2D eigenvalue weighted by Gasteiger charge is 2.08. The van der Waals surface area contributed by atoms with Crippen LogP contribution in [0.15, 0.2) is 21.5 Å². The smallest absolute Gasteiger partial charge is 0.151 e. The van der Waals surface area contributed by atoms with E-state index >= 15 is 0 Å². The summed E-state index contributed by atoms with van der Waals surface area (Å²) in [5.41, 5.74) is 3.91. The summed E-state index contributed by atoms with van der Waals surface area (Å²) in [5.74, 6) is 0.894. The van der Waals surface area contributed by atoms with E-state index < -0.39 is 0 Å². The van der Waals surface area contributed by atoms with Crippen LogP contribution in [-0.4, -0.2) is 28.6 Å². The maximum absolute atomic E-state index is 5.34. The van der Waals surface area contributed by atoms with E-state index in [-0.39, 0.29) is 0 Å². The normalized spacial score (nSPS) is 11.3. The molecular weight excluding hydrogens is 260 g/mol. The fourth-order valence-corrected chi connectivity index (χ4v) is 2.37. The molecule has 0 fully saturated rings. The first kappa shape index (κ1) is 14.2. The van der Waals surface area contributed by atoms with Gasteiger partial charge in [-0.25, -0.2) is 4.98 Å². The van der Waals surface area contributed by atoms with Crippen molar-refractivity contribution in [1.82, 2.24) is 20.4 Å². The van der Waals surface area contributed by atoms with Crippen LogP contribution in [0.4, 0.5) is 0 Å². The van der Waals surface area contributed by atoms with Crippen molar-refractivity contribution in [2.24, 2.45) is 0 Å². The van der Waals surface area contributed by atoms with E-state index in [4.69, 9.17) is 4.52 Å². The maximum Gasteiger partial charge on any atom is 0.151 e. The quantitative estimate of drug-likeness (QED) is 0.752. The number of nitrogens with zero attached hydrogens (tertiary/aromatic N) is 3. The van der Waals surface area contributed by atoms with Gasteiger partial charge >= 0.3 is 0 Å². The molecule has 19 heavy (non-hydrogen) atoms. The Kier molecular flexibility index (Phi) is 5.50. The van der Waals surface area contributed by atoms with Crippen molar-refractivity contribution in [3.05, 3.63) is 34.1 Å². The maximum atomic E-state index is 5.34. The predicted octanol–water partition coefficient (Wildman–Crippen LogP) is 2.26. The van der Waals surface area contributed by atoms with Crippen LogP contribution in [0.3, 0.4) is 0 Å². The molecule has 2 aromatic rings. The number of hydrogen-bond acceptors (Lipinski definition) is 6. The van der Waals surface area contributed by atoms with Gasteiger partial charge in [-0.3, -0.25) is 4.90 Å². The summed E-state index contributed by atoms with van der Waals surface area (Å²) < 4.78 is 5.34. The summed E-state index contributed by atoms with van der Waals surface area (Å²) in [4.78, 5) is 6.44. The molecule has 0 aliphatic heterocycles. The molecule has 6 heteroatoms. The van der Waals surface area contributed by atoms with Crippen LogP contribution in [-0.2, 0) is 19.6 Å². The summed E-state index contributed by atoms with van der Waals surface area (Å²) in [6.45, 7) is 5.50. The molecule has 0 aromatic carbocycles. The summed E-state index contributed by atoms with van der Waals surface area (Å²) in [6, 6.07) is 2.01. The monoisotopic (exact) mass is 280 g/mol. The van der Waals surface area contributed by atoms with E-state index in [9.17, 15) is 0 Å². The number of hydrogen-bond donors (Lipinski definition) is 1. The zero-order valence-electron chi connectivity index (χ0n) is 11.4. The molecule has 1 N–H and O–H groups in total. The van der Waals surface area contributed by atoms with Gasteiger partial charge in [-0.2, -0.15) is 0 Å². The van der Waals surface area contributed by atoms with Gasteiger partial charge in [-0.1, -0.05) is 12.1 Å². The first-order chi connectivity index (χ1) is 9.28. The van der Waals surface area contributed by atoms with Crippen molar-refractivity contribution in [2.45, 2.75) is 33.0 Å². The third kappa shape index (κ3) is 4.74. The molecule has 5 nitrogen and oxygen atoms in total. The molecule has 2 heterocycles. The lowest BCUT2D eigenvalue weighted by atomic mass is 10.3. The standard InChI is InChI=1S/C13H20N4OS/c1-3-4-14-6-11-5-13(18-16-11)8-17(2)7-12-9-19-10-15-12/h5,9-10,14H,3-4,6-8H2,1-2H3. The Labute approximate surface area is 117 Å². The van der Waals surface area contributed by atoms with Gasteiger partial charge in [0.15, 0.2) is 5.76 Å². The fraction of sp³-hybridized carbons (Fsp3) is 0.538. The molecule has 0 aliphatic rings. The van der Waals surface area contributed by atoms with Gasteiger partial charge in [0.2, 0.25) is 0 Å². The second-order valence-corrected chi connectivity index (χ2v) is 5.33. The van der Waals surface area contributed by atoms with Gasteiger partial charge in [-0.05, 0) is 20.0 Å². The highest BCUT2D eigenvalue weighted by Crippen LogP contribution is 2.10. The Morgan fingerprint density at radius 3 is 3.00 bits per heavy atom. The average Bonchev–Trinajstić information content (AvgIpc) is 3.02. The molecule has 0 atom stereocenters. The largest absolute Gasteiger partial charge is 0.360 e. The lowest BCUT2D eigenvalue weighted by molar-refractivity contribution is 0.263. The lowest BCUT2D eigenvalue weighted by Gasteiger charge is -2.12. The molecule has 0 spiro atoms. The van der Waals surface area contributed by atoms with Crippen molar-refractivity contribution < 1.29 is 4.52 Å².